The molecule has 16 heavy (non-hydrogen) atoms. The topological polar surface area (TPSA) is 27.0 Å². The molecule has 0 aliphatic carbocycles. The molecule has 0 heterocycles. The van der Waals surface area contributed by atoms with Crippen LogP contribution in [0.15, 0.2) is 24.3 Å². The number of benzene rings is 1. The Labute approximate surface area is 98.5 Å². The lowest BCUT2D eigenvalue weighted by Crippen LogP contribution is -2.24. The van der Waals surface area contributed by atoms with E-state index >= 15 is 0 Å². The van der Waals surface area contributed by atoms with Crippen molar-refractivity contribution in [1.82, 2.24) is 0 Å². The lowest BCUT2D eigenvalue weighted by molar-refractivity contribution is 0.494. The smallest absolute Gasteiger partial charge is 0.0991 e. The maximum atomic E-state index is 8.73. The summed E-state index contributed by atoms with van der Waals surface area (Å²) in [5.41, 5.74) is 1.91. The quantitative estimate of drug-likeness (QED) is 0.754. The molecular formula is C14H20N2. The van der Waals surface area contributed by atoms with Gasteiger partial charge in [0.1, 0.15) is 0 Å². The molecule has 0 aliphatic heterocycles. The third kappa shape index (κ3) is 3.27. The molecule has 0 fully saturated rings. The normalized spacial score (nSPS) is 10.2. The van der Waals surface area contributed by atoms with Crippen LogP contribution in [0.25, 0.3) is 0 Å². The summed E-state index contributed by atoms with van der Waals surface area (Å²) in [4.78, 5) is 2.26. The van der Waals surface area contributed by atoms with E-state index in [1.807, 2.05) is 24.3 Å². The van der Waals surface area contributed by atoms with Crippen LogP contribution >= 0.6 is 0 Å². The van der Waals surface area contributed by atoms with Gasteiger partial charge in [0.15, 0.2) is 0 Å². The van der Waals surface area contributed by atoms with Crippen LogP contribution in [-0.2, 0) is 0 Å². The first-order valence-electron chi connectivity index (χ1n) is 5.92. The predicted molar refractivity (Wildman–Crippen MR) is 68.5 cm³/mol. The first kappa shape index (κ1) is 12.6. The van der Waals surface area contributed by atoms with Gasteiger partial charge >= 0.3 is 0 Å². The molecule has 0 bridgehead atoms. The summed E-state index contributed by atoms with van der Waals surface area (Å²) < 4.78 is 0. The van der Waals surface area contributed by atoms with E-state index in [1.54, 1.807) is 0 Å². The second-order valence-electron chi connectivity index (χ2n) is 4.22. The van der Waals surface area contributed by atoms with Gasteiger partial charge in [0.25, 0.3) is 0 Å². The first-order chi connectivity index (χ1) is 7.71. The highest BCUT2D eigenvalue weighted by Gasteiger charge is 2.08. The van der Waals surface area contributed by atoms with E-state index in [-0.39, 0.29) is 0 Å². The number of nitrogens with zero attached hydrogens (tertiary/aromatic N) is 2. The standard InChI is InChI=1S/C14H20N2/c1-4-12(5-2)11-16(3)14-8-6-13(10-15)7-9-14/h6-9,12H,4-5,11H2,1-3H3. The summed E-state index contributed by atoms with van der Waals surface area (Å²) in [6, 6.07) is 9.91. The molecule has 1 aromatic rings. The van der Waals surface area contributed by atoms with Crippen LogP contribution in [0.1, 0.15) is 32.3 Å². The Morgan fingerprint density at radius 3 is 2.19 bits per heavy atom. The van der Waals surface area contributed by atoms with Gasteiger partial charge in [-0.15, -0.1) is 0 Å². The Kier molecular flexibility index (Phi) is 4.85. The molecule has 0 amide bonds. The molecule has 0 aromatic heterocycles. The molecule has 1 rings (SSSR count). The first-order valence-corrected chi connectivity index (χ1v) is 5.92. The van der Waals surface area contributed by atoms with Gasteiger partial charge in [0.05, 0.1) is 11.6 Å². The minimum atomic E-state index is 0.722. The highest BCUT2D eigenvalue weighted by atomic mass is 15.1. The molecule has 0 saturated heterocycles. The number of hydrogen-bond acceptors (Lipinski definition) is 2. The van der Waals surface area contributed by atoms with E-state index < -0.39 is 0 Å². The molecular weight excluding hydrogens is 196 g/mol. The summed E-state index contributed by atoms with van der Waals surface area (Å²) in [5, 5.41) is 8.73. The van der Waals surface area contributed by atoms with Crippen molar-refractivity contribution in [3.63, 3.8) is 0 Å². The van der Waals surface area contributed by atoms with Crippen molar-refractivity contribution in [2.75, 3.05) is 18.5 Å². The monoisotopic (exact) mass is 216 g/mol. The maximum Gasteiger partial charge on any atom is 0.0991 e. The fraction of sp³-hybridized carbons (Fsp3) is 0.500. The fourth-order valence-electron chi connectivity index (χ4n) is 1.83. The van der Waals surface area contributed by atoms with Gasteiger partial charge < -0.3 is 4.90 Å². The molecule has 86 valence electrons. The van der Waals surface area contributed by atoms with Gasteiger partial charge in [-0.2, -0.15) is 5.26 Å². The Morgan fingerprint density at radius 1 is 1.19 bits per heavy atom. The second-order valence-corrected chi connectivity index (χ2v) is 4.22. The number of rotatable bonds is 5. The van der Waals surface area contributed by atoms with Crippen LogP contribution in [0, 0.1) is 17.2 Å². The van der Waals surface area contributed by atoms with Gasteiger partial charge in [0.2, 0.25) is 0 Å². The van der Waals surface area contributed by atoms with E-state index in [1.165, 1.54) is 18.5 Å². The SMILES string of the molecule is CCC(CC)CN(C)c1ccc(C#N)cc1. The van der Waals surface area contributed by atoms with Crippen LogP contribution < -0.4 is 4.90 Å². The Hall–Kier alpha value is -1.49. The van der Waals surface area contributed by atoms with Crippen molar-refractivity contribution in [3.8, 4) is 6.07 Å². The zero-order valence-corrected chi connectivity index (χ0v) is 10.4. The molecule has 2 nitrogen and oxygen atoms in total. The summed E-state index contributed by atoms with van der Waals surface area (Å²) >= 11 is 0. The third-order valence-electron chi connectivity index (χ3n) is 3.12. The van der Waals surface area contributed by atoms with Crippen molar-refractivity contribution in [2.45, 2.75) is 26.7 Å². The van der Waals surface area contributed by atoms with Crippen molar-refractivity contribution < 1.29 is 0 Å². The van der Waals surface area contributed by atoms with E-state index in [4.69, 9.17) is 5.26 Å². The largest absolute Gasteiger partial charge is 0.374 e. The molecule has 0 atom stereocenters. The zero-order valence-electron chi connectivity index (χ0n) is 10.4. The fourth-order valence-corrected chi connectivity index (χ4v) is 1.83. The van der Waals surface area contributed by atoms with Gasteiger partial charge in [-0.25, -0.2) is 0 Å². The minimum absolute atomic E-state index is 0.722. The average Bonchev–Trinajstić information content (AvgIpc) is 2.35. The van der Waals surface area contributed by atoms with E-state index in [0.29, 0.717) is 0 Å². The lowest BCUT2D eigenvalue weighted by Gasteiger charge is -2.24. The van der Waals surface area contributed by atoms with Crippen LogP contribution in [0.3, 0.4) is 0 Å². The molecule has 0 radical (unpaired) electrons. The van der Waals surface area contributed by atoms with E-state index in [2.05, 4.69) is 31.9 Å². The van der Waals surface area contributed by atoms with E-state index in [0.717, 1.165) is 18.0 Å². The van der Waals surface area contributed by atoms with Gasteiger partial charge in [-0.1, -0.05) is 26.7 Å². The van der Waals surface area contributed by atoms with Crippen molar-refractivity contribution >= 4 is 5.69 Å². The van der Waals surface area contributed by atoms with Gasteiger partial charge in [-0.3, -0.25) is 0 Å². The van der Waals surface area contributed by atoms with Crippen molar-refractivity contribution in [1.29, 1.82) is 5.26 Å². The lowest BCUT2D eigenvalue weighted by atomic mass is 10.0. The molecule has 2 heteroatoms. The Morgan fingerprint density at radius 2 is 1.75 bits per heavy atom. The molecule has 0 saturated carbocycles. The van der Waals surface area contributed by atoms with Crippen molar-refractivity contribution in [2.24, 2.45) is 5.92 Å². The van der Waals surface area contributed by atoms with Crippen LogP contribution in [0.4, 0.5) is 5.69 Å². The molecule has 1 aromatic carbocycles. The summed E-state index contributed by atoms with van der Waals surface area (Å²) in [5.74, 6) is 0.751. The summed E-state index contributed by atoms with van der Waals surface area (Å²) in [7, 11) is 2.11. The van der Waals surface area contributed by atoms with Crippen LogP contribution in [0.2, 0.25) is 0 Å². The van der Waals surface area contributed by atoms with E-state index in [9.17, 15) is 0 Å². The van der Waals surface area contributed by atoms with Crippen molar-refractivity contribution in [3.05, 3.63) is 29.8 Å². The zero-order chi connectivity index (χ0) is 12.0. The Bertz CT molecular complexity index is 344. The van der Waals surface area contributed by atoms with Gasteiger partial charge in [0, 0.05) is 19.3 Å². The average molecular weight is 216 g/mol. The predicted octanol–water partition coefficient (Wildman–Crippen LogP) is 3.43. The van der Waals surface area contributed by atoms with Gasteiger partial charge in [-0.05, 0) is 30.2 Å². The second kappa shape index (κ2) is 6.17. The minimum Gasteiger partial charge on any atom is -0.374 e. The molecule has 0 N–H and O–H groups in total. The third-order valence-corrected chi connectivity index (χ3v) is 3.12. The Balaban J connectivity index is 2.65. The summed E-state index contributed by atoms with van der Waals surface area (Å²) in [6.45, 7) is 5.56. The highest BCUT2D eigenvalue weighted by molar-refractivity contribution is 5.49. The van der Waals surface area contributed by atoms with Crippen LogP contribution in [0.5, 0.6) is 0 Å². The highest BCUT2D eigenvalue weighted by Crippen LogP contribution is 2.17. The van der Waals surface area contributed by atoms with Crippen LogP contribution in [-0.4, -0.2) is 13.6 Å². The molecule has 0 unspecified atom stereocenters. The maximum absolute atomic E-state index is 8.73. The molecule has 0 aliphatic rings. The number of hydrogen-bond donors (Lipinski definition) is 0. The number of anilines is 1. The number of nitriles is 1. The molecule has 0 spiro atoms. The summed E-state index contributed by atoms with van der Waals surface area (Å²) in [6.07, 6.45) is 2.44.